The quantitative estimate of drug-likeness (QED) is 0.923. The maximum absolute atomic E-state index is 12.7. The smallest absolute Gasteiger partial charge is 0.274 e. The van der Waals surface area contributed by atoms with Gasteiger partial charge in [-0.2, -0.15) is 5.10 Å². The molecule has 7 heteroatoms. The van der Waals surface area contributed by atoms with Gasteiger partial charge in [-0.1, -0.05) is 0 Å². The van der Waals surface area contributed by atoms with E-state index in [1.54, 1.807) is 19.1 Å². The van der Waals surface area contributed by atoms with Crippen molar-refractivity contribution in [2.75, 3.05) is 20.8 Å². The van der Waals surface area contributed by atoms with Gasteiger partial charge in [0.1, 0.15) is 5.69 Å². The molecule has 0 aliphatic carbocycles. The van der Waals surface area contributed by atoms with Crippen LogP contribution in [-0.4, -0.2) is 41.8 Å². The van der Waals surface area contributed by atoms with Crippen molar-refractivity contribution in [3.05, 3.63) is 51.4 Å². The van der Waals surface area contributed by atoms with E-state index in [1.807, 2.05) is 19.1 Å². The fourth-order valence-electron chi connectivity index (χ4n) is 3.03. The van der Waals surface area contributed by atoms with Crippen LogP contribution in [0.15, 0.2) is 29.1 Å². The molecule has 0 unspecified atom stereocenters. The van der Waals surface area contributed by atoms with Gasteiger partial charge < -0.3 is 14.4 Å². The van der Waals surface area contributed by atoms with Crippen molar-refractivity contribution in [1.29, 1.82) is 0 Å². The average Bonchev–Trinajstić information content (AvgIpc) is 2.61. The summed E-state index contributed by atoms with van der Waals surface area (Å²) in [6.45, 7) is 2.54. The molecule has 2 heterocycles. The van der Waals surface area contributed by atoms with Crippen molar-refractivity contribution in [3.8, 4) is 11.5 Å². The van der Waals surface area contributed by atoms with Crippen LogP contribution in [0.2, 0.25) is 0 Å². The number of nitrogens with zero attached hydrogens (tertiary/aromatic N) is 2. The first-order chi connectivity index (χ1) is 11.5. The van der Waals surface area contributed by atoms with Gasteiger partial charge in [0.15, 0.2) is 11.5 Å². The van der Waals surface area contributed by atoms with E-state index in [0.29, 0.717) is 18.0 Å². The van der Waals surface area contributed by atoms with Gasteiger partial charge in [0.2, 0.25) is 0 Å². The Morgan fingerprint density at radius 3 is 2.58 bits per heavy atom. The number of hydrogen-bond acceptors (Lipinski definition) is 5. The predicted molar refractivity (Wildman–Crippen MR) is 87.6 cm³/mol. The Kier molecular flexibility index (Phi) is 4.24. The molecule has 7 nitrogen and oxygen atoms in total. The van der Waals surface area contributed by atoms with Crippen molar-refractivity contribution in [2.45, 2.75) is 19.4 Å². The van der Waals surface area contributed by atoms with Crippen LogP contribution in [0.25, 0.3) is 0 Å². The van der Waals surface area contributed by atoms with E-state index in [-0.39, 0.29) is 23.2 Å². The first-order valence-electron chi connectivity index (χ1n) is 7.66. The molecule has 0 radical (unpaired) electrons. The summed E-state index contributed by atoms with van der Waals surface area (Å²) in [6.07, 6.45) is 0.717. The van der Waals surface area contributed by atoms with E-state index >= 15 is 0 Å². The van der Waals surface area contributed by atoms with Crippen molar-refractivity contribution >= 4 is 5.91 Å². The van der Waals surface area contributed by atoms with Gasteiger partial charge in [-0.3, -0.25) is 9.59 Å². The third kappa shape index (κ3) is 2.73. The van der Waals surface area contributed by atoms with Crippen LogP contribution in [-0.2, 0) is 6.42 Å². The molecule has 1 aliphatic heterocycles. The maximum Gasteiger partial charge on any atom is 0.274 e. The molecule has 126 valence electrons. The van der Waals surface area contributed by atoms with Gasteiger partial charge in [0.05, 0.1) is 20.3 Å². The first kappa shape index (κ1) is 16.0. The number of amides is 1. The second-order valence-electron chi connectivity index (χ2n) is 5.64. The number of ether oxygens (including phenoxy) is 2. The van der Waals surface area contributed by atoms with Crippen LogP contribution in [0.3, 0.4) is 0 Å². The van der Waals surface area contributed by atoms with Crippen LogP contribution in [0.4, 0.5) is 0 Å². The van der Waals surface area contributed by atoms with Crippen LogP contribution in [0, 0.1) is 0 Å². The van der Waals surface area contributed by atoms with E-state index in [0.717, 1.165) is 17.5 Å². The summed E-state index contributed by atoms with van der Waals surface area (Å²) in [6, 6.07) is 6.49. The fraction of sp³-hybridized carbons (Fsp3) is 0.353. The molecular formula is C17H19N3O4. The molecule has 1 aromatic carbocycles. The van der Waals surface area contributed by atoms with E-state index in [9.17, 15) is 9.59 Å². The highest BCUT2D eigenvalue weighted by Crippen LogP contribution is 2.38. The zero-order valence-corrected chi connectivity index (χ0v) is 13.8. The number of aromatic amines is 1. The molecule has 0 spiro atoms. The lowest BCUT2D eigenvalue weighted by molar-refractivity contribution is 0.0670. The Hall–Kier alpha value is -2.83. The van der Waals surface area contributed by atoms with Gasteiger partial charge in [0, 0.05) is 12.6 Å². The molecule has 1 N–H and O–H groups in total. The number of H-pyrrole nitrogens is 1. The molecule has 1 aliphatic rings. The van der Waals surface area contributed by atoms with Crippen LogP contribution in [0.5, 0.6) is 11.5 Å². The number of hydrogen-bond donors (Lipinski definition) is 1. The predicted octanol–water partition coefficient (Wildman–Crippen LogP) is 1.55. The van der Waals surface area contributed by atoms with Gasteiger partial charge in [-0.05, 0) is 42.7 Å². The largest absolute Gasteiger partial charge is 0.493 e. The first-order valence-corrected chi connectivity index (χ1v) is 7.66. The number of carbonyl (C=O) groups excluding carboxylic acids is 1. The molecule has 1 amide bonds. The van der Waals surface area contributed by atoms with Crippen molar-refractivity contribution in [1.82, 2.24) is 15.1 Å². The molecule has 0 bridgehead atoms. The third-order valence-corrected chi connectivity index (χ3v) is 4.34. The van der Waals surface area contributed by atoms with Crippen molar-refractivity contribution < 1.29 is 14.3 Å². The number of fused-ring (bicyclic) bond motifs is 1. The minimum Gasteiger partial charge on any atom is -0.493 e. The number of methoxy groups -OCH3 is 2. The summed E-state index contributed by atoms with van der Waals surface area (Å²) >= 11 is 0. The summed E-state index contributed by atoms with van der Waals surface area (Å²) in [5.41, 5.74) is 2.06. The normalized spacial score (nSPS) is 16.5. The summed E-state index contributed by atoms with van der Waals surface area (Å²) in [5.74, 6) is 1.12. The Morgan fingerprint density at radius 2 is 1.96 bits per heavy atom. The van der Waals surface area contributed by atoms with Gasteiger partial charge >= 0.3 is 0 Å². The molecule has 0 saturated carbocycles. The van der Waals surface area contributed by atoms with Crippen LogP contribution >= 0.6 is 0 Å². The van der Waals surface area contributed by atoms with Crippen LogP contribution in [0.1, 0.15) is 34.6 Å². The zero-order valence-electron chi connectivity index (χ0n) is 13.8. The molecule has 2 aromatic rings. The van der Waals surface area contributed by atoms with Gasteiger partial charge in [-0.25, -0.2) is 5.10 Å². The zero-order chi connectivity index (χ0) is 17.3. The lowest BCUT2D eigenvalue weighted by Crippen LogP contribution is -2.39. The molecule has 1 aromatic heterocycles. The number of benzene rings is 1. The van der Waals surface area contributed by atoms with Gasteiger partial charge in [-0.15, -0.1) is 0 Å². The lowest BCUT2D eigenvalue weighted by Gasteiger charge is -2.35. The fourth-order valence-corrected chi connectivity index (χ4v) is 3.03. The second-order valence-corrected chi connectivity index (χ2v) is 5.64. The SMILES string of the molecule is COc1cc2c(cc1OC)[C@H](C)N(C(=O)c1ccc(=O)[nH]n1)CC2. The lowest BCUT2D eigenvalue weighted by atomic mass is 9.92. The molecule has 0 fully saturated rings. The topological polar surface area (TPSA) is 84.5 Å². The van der Waals surface area contributed by atoms with Crippen molar-refractivity contribution in [3.63, 3.8) is 0 Å². The minimum atomic E-state index is -0.333. The van der Waals surface area contributed by atoms with Crippen molar-refractivity contribution in [2.24, 2.45) is 0 Å². The summed E-state index contributed by atoms with van der Waals surface area (Å²) < 4.78 is 10.7. The number of aromatic nitrogens is 2. The molecule has 0 saturated heterocycles. The van der Waals surface area contributed by atoms with Gasteiger partial charge in [0.25, 0.3) is 11.5 Å². The summed E-state index contributed by atoms with van der Waals surface area (Å²) in [7, 11) is 3.19. The van der Waals surface area contributed by atoms with E-state index in [2.05, 4.69) is 10.2 Å². The molecule has 1 atom stereocenters. The van der Waals surface area contributed by atoms with E-state index in [4.69, 9.17) is 9.47 Å². The number of nitrogens with one attached hydrogen (secondary N) is 1. The monoisotopic (exact) mass is 329 g/mol. The minimum absolute atomic E-state index is 0.130. The van der Waals surface area contributed by atoms with E-state index < -0.39 is 0 Å². The summed E-state index contributed by atoms with van der Waals surface area (Å²) in [5, 5.41) is 6.13. The molecule has 24 heavy (non-hydrogen) atoms. The molecule has 3 rings (SSSR count). The Labute approximate surface area is 139 Å². The Morgan fingerprint density at radius 1 is 1.25 bits per heavy atom. The standard InChI is InChI=1S/C17H19N3O4/c1-10-12-9-15(24-3)14(23-2)8-11(12)6-7-20(10)17(22)13-4-5-16(21)19-18-13/h4-5,8-10H,6-7H2,1-3H3,(H,19,21)/t10-/m0/s1. The molecular weight excluding hydrogens is 310 g/mol. The van der Waals surface area contributed by atoms with E-state index in [1.165, 1.54) is 12.1 Å². The Balaban J connectivity index is 1.94. The number of rotatable bonds is 3. The third-order valence-electron chi connectivity index (χ3n) is 4.34. The maximum atomic E-state index is 12.7. The average molecular weight is 329 g/mol. The summed E-state index contributed by atoms with van der Waals surface area (Å²) in [4.78, 5) is 25.5. The highest BCUT2D eigenvalue weighted by Gasteiger charge is 2.30. The Bertz CT molecular complexity index is 811. The van der Waals surface area contributed by atoms with Crippen LogP contribution < -0.4 is 15.0 Å². The number of carbonyl (C=O) groups is 1. The second kappa shape index (κ2) is 6.35. The highest BCUT2D eigenvalue weighted by molar-refractivity contribution is 5.92. The highest BCUT2D eigenvalue weighted by atomic mass is 16.5.